The Bertz CT molecular complexity index is 574. The van der Waals surface area contributed by atoms with Crippen molar-refractivity contribution in [1.82, 2.24) is 5.32 Å². The monoisotopic (exact) mass is 350 g/mol. The van der Waals surface area contributed by atoms with Crippen LogP contribution in [0.15, 0.2) is 22.7 Å². The molecule has 0 saturated heterocycles. The highest BCUT2D eigenvalue weighted by atomic mass is 79.9. The fraction of sp³-hybridized carbons (Fsp3) is 0.455. The van der Waals surface area contributed by atoms with Crippen LogP contribution in [0, 0.1) is 10.1 Å². The molecular formula is C11H15BrN2O4S. The molecule has 1 rings (SSSR count). The van der Waals surface area contributed by atoms with Crippen molar-refractivity contribution in [3.63, 3.8) is 0 Å². The van der Waals surface area contributed by atoms with Gasteiger partial charge in [0.05, 0.1) is 10.7 Å². The molecule has 0 bridgehead atoms. The lowest BCUT2D eigenvalue weighted by Gasteiger charge is -2.13. The van der Waals surface area contributed by atoms with Crippen molar-refractivity contribution in [3.8, 4) is 0 Å². The van der Waals surface area contributed by atoms with Gasteiger partial charge in [-0.05, 0) is 18.6 Å². The summed E-state index contributed by atoms with van der Waals surface area (Å²) in [5.74, 6) is 0.0532. The minimum absolute atomic E-state index is 0.0137. The second-order valence-electron chi connectivity index (χ2n) is 4.41. The maximum absolute atomic E-state index is 11.1. The second-order valence-corrected chi connectivity index (χ2v) is 7.45. The van der Waals surface area contributed by atoms with E-state index in [1.807, 2.05) is 0 Å². The number of nitro benzene ring substituents is 1. The first-order valence-corrected chi connectivity index (χ1v) is 8.38. The topological polar surface area (TPSA) is 89.3 Å². The van der Waals surface area contributed by atoms with E-state index in [0.717, 1.165) is 5.56 Å². The van der Waals surface area contributed by atoms with Crippen LogP contribution in [0.5, 0.6) is 0 Å². The van der Waals surface area contributed by atoms with Crippen molar-refractivity contribution in [1.29, 1.82) is 0 Å². The molecular weight excluding hydrogens is 336 g/mol. The smallest absolute Gasteiger partial charge is 0.270 e. The van der Waals surface area contributed by atoms with Crippen LogP contribution < -0.4 is 5.32 Å². The van der Waals surface area contributed by atoms with Crippen LogP contribution in [0.3, 0.4) is 0 Å². The van der Waals surface area contributed by atoms with Gasteiger partial charge in [0.1, 0.15) is 9.84 Å². The van der Waals surface area contributed by atoms with E-state index in [-0.39, 0.29) is 17.5 Å². The largest absolute Gasteiger partial charge is 0.309 e. The summed E-state index contributed by atoms with van der Waals surface area (Å²) in [6, 6.07) is 4.31. The maximum atomic E-state index is 11.1. The summed E-state index contributed by atoms with van der Waals surface area (Å²) in [6.45, 7) is 2.22. The van der Waals surface area contributed by atoms with E-state index in [1.54, 1.807) is 13.0 Å². The summed E-state index contributed by atoms with van der Waals surface area (Å²) in [5, 5.41) is 13.7. The van der Waals surface area contributed by atoms with Crippen molar-refractivity contribution < 1.29 is 13.3 Å². The summed E-state index contributed by atoms with van der Waals surface area (Å²) in [6.07, 6.45) is 1.19. The molecule has 6 nitrogen and oxygen atoms in total. The highest BCUT2D eigenvalue weighted by molar-refractivity contribution is 9.10. The summed E-state index contributed by atoms with van der Waals surface area (Å²) in [4.78, 5) is 10.1. The molecule has 106 valence electrons. The molecule has 0 aliphatic rings. The zero-order valence-electron chi connectivity index (χ0n) is 10.6. The van der Waals surface area contributed by atoms with Crippen molar-refractivity contribution in [2.75, 3.05) is 12.0 Å². The lowest BCUT2D eigenvalue weighted by atomic mass is 10.2. The predicted octanol–water partition coefficient (Wildman–Crippen LogP) is 1.88. The number of nitrogens with one attached hydrogen (secondary N) is 1. The highest BCUT2D eigenvalue weighted by Gasteiger charge is 2.12. The molecule has 0 heterocycles. The Morgan fingerprint density at radius 2 is 2.11 bits per heavy atom. The standard InChI is InChI=1S/C11H15BrN2O4S/c1-8(7-19(2,17)18)13-6-9-3-4-10(14(15)16)5-11(9)12/h3-5,8,13H,6-7H2,1-2H3. The Kier molecular flexibility index (Phi) is 5.45. The number of non-ortho nitro benzene ring substituents is 1. The zero-order chi connectivity index (χ0) is 14.6. The van der Waals surface area contributed by atoms with Gasteiger partial charge in [-0.1, -0.05) is 15.9 Å². The Morgan fingerprint density at radius 1 is 1.47 bits per heavy atom. The quantitative estimate of drug-likeness (QED) is 0.624. The van der Waals surface area contributed by atoms with Crippen LogP contribution >= 0.6 is 15.9 Å². The average molecular weight is 351 g/mol. The molecule has 0 amide bonds. The van der Waals surface area contributed by atoms with Gasteiger partial charge in [0.25, 0.3) is 5.69 Å². The summed E-state index contributed by atoms with van der Waals surface area (Å²) in [5.41, 5.74) is 0.853. The third-order valence-corrected chi connectivity index (χ3v) is 4.28. The van der Waals surface area contributed by atoms with Crippen molar-refractivity contribution in [2.45, 2.75) is 19.5 Å². The highest BCUT2D eigenvalue weighted by Crippen LogP contribution is 2.22. The van der Waals surface area contributed by atoms with Crippen LogP contribution in [-0.2, 0) is 16.4 Å². The van der Waals surface area contributed by atoms with Crippen LogP contribution in [0.2, 0.25) is 0 Å². The molecule has 0 aliphatic heterocycles. The first-order valence-electron chi connectivity index (χ1n) is 5.53. The minimum atomic E-state index is -3.02. The molecule has 1 atom stereocenters. The number of benzene rings is 1. The number of sulfone groups is 1. The molecule has 1 unspecified atom stereocenters. The summed E-state index contributed by atoms with van der Waals surface area (Å²) >= 11 is 3.26. The van der Waals surface area contributed by atoms with Crippen molar-refractivity contribution >= 4 is 31.5 Å². The molecule has 0 fully saturated rings. The SMILES string of the molecule is CC(CS(C)(=O)=O)NCc1ccc([N+](=O)[O-])cc1Br. The van der Waals surface area contributed by atoms with Crippen LogP contribution in [-0.4, -0.2) is 31.4 Å². The molecule has 1 aromatic carbocycles. The molecule has 8 heteroatoms. The van der Waals surface area contributed by atoms with Gasteiger partial charge in [0, 0.05) is 35.4 Å². The Morgan fingerprint density at radius 3 is 2.58 bits per heavy atom. The normalized spacial score (nSPS) is 13.2. The first-order chi connectivity index (χ1) is 8.69. The second kappa shape index (κ2) is 6.44. The van der Waals surface area contributed by atoms with E-state index in [4.69, 9.17) is 0 Å². The molecule has 0 saturated carbocycles. The van der Waals surface area contributed by atoms with Gasteiger partial charge in [-0.3, -0.25) is 10.1 Å². The van der Waals surface area contributed by atoms with E-state index in [2.05, 4.69) is 21.2 Å². The number of hydrogen-bond donors (Lipinski definition) is 1. The first kappa shape index (κ1) is 16.1. The Balaban J connectivity index is 2.66. The minimum Gasteiger partial charge on any atom is -0.309 e. The lowest BCUT2D eigenvalue weighted by Crippen LogP contribution is -2.32. The molecule has 1 aromatic rings. The third-order valence-electron chi connectivity index (χ3n) is 2.44. The van der Waals surface area contributed by atoms with Gasteiger partial charge >= 0.3 is 0 Å². The lowest BCUT2D eigenvalue weighted by molar-refractivity contribution is -0.384. The van der Waals surface area contributed by atoms with Gasteiger partial charge in [0.2, 0.25) is 0 Å². The number of nitro groups is 1. The number of hydrogen-bond acceptors (Lipinski definition) is 5. The molecule has 0 aliphatic carbocycles. The van der Waals surface area contributed by atoms with E-state index in [9.17, 15) is 18.5 Å². The molecule has 0 spiro atoms. The fourth-order valence-electron chi connectivity index (χ4n) is 1.59. The Labute approximate surface area is 120 Å². The number of nitrogens with zero attached hydrogens (tertiary/aromatic N) is 1. The summed E-state index contributed by atoms with van der Waals surface area (Å²) in [7, 11) is -3.02. The maximum Gasteiger partial charge on any atom is 0.270 e. The molecule has 0 radical (unpaired) electrons. The third kappa shape index (κ3) is 5.66. The van der Waals surface area contributed by atoms with Gasteiger partial charge < -0.3 is 5.32 Å². The van der Waals surface area contributed by atoms with Crippen molar-refractivity contribution in [2.24, 2.45) is 0 Å². The van der Waals surface area contributed by atoms with E-state index >= 15 is 0 Å². The van der Waals surface area contributed by atoms with E-state index in [1.165, 1.54) is 18.4 Å². The fourth-order valence-corrected chi connectivity index (χ4v) is 3.12. The predicted molar refractivity (Wildman–Crippen MR) is 76.8 cm³/mol. The number of rotatable bonds is 6. The van der Waals surface area contributed by atoms with Gasteiger partial charge in [-0.25, -0.2) is 8.42 Å². The zero-order valence-corrected chi connectivity index (χ0v) is 13.0. The van der Waals surface area contributed by atoms with Crippen molar-refractivity contribution in [3.05, 3.63) is 38.3 Å². The van der Waals surface area contributed by atoms with E-state index < -0.39 is 14.8 Å². The van der Waals surface area contributed by atoms with Crippen LogP contribution in [0.4, 0.5) is 5.69 Å². The summed E-state index contributed by atoms with van der Waals surface area (Å²) < 4.78 is 22.9. The molecule has 1 N–H and O–H groups in total. The van der Waals surface area contributed by atoms with Crippen LogP contribution in [0.1, 0.15) is 12.5 Å². The Hall–Kier alpha value is -0.990. The molecule has 19 heavy (non-hydrogen) atoms. The van der Waals surface area contributed by atoms with Gasteiger partial charge in [-0.15, -0.1) is 0 Å². The average Bonchev–Trinajstić information content (AvgIpc) is 2.24. The van der Waals surface area contributed by atoms with Gasteiger partial charge in [0.15, 0.2) is 0 Å². The molecule has 0 aromatic heterocycles. The van der Waals surface area contributed by atoms with Crippen LogP contribution in [0.25, 0.3) is 0 Å². The van der Waals surface area contributed by atoms with Gasteiger partial charge in [-0.2, -0.15) is 0 Å². The number of halogens is 1. The van der Waals surface area contributed by atoms with E-state index in [0.29, 0.717) is 11.0 Å².